The third-order valence-electron chi connectivity index (χ3n) is 2.65. The molecule has 0 aliphatic rings. The Morgan fingerprint density at radius 1 is 1.29 bits per heavy atom. The van der Waals surface area contributed by atoms with Crippen LogP contribution in [-0.4, -0.2) is 17.0 Å². The van der Waals surface area contributed by atoms with Crippen LogP contribution >= 0.6 is 0 Å². The Bertz CT molecular complexity index is 633. The molecule has 28 heavy (non-hydrogen) atoms. The van der Waals surface area contributed by atoms with Crippen molar-refractivity contribution in [3.05, 3.63) is 60.6 Å². The van der Waals surface area contributed by atoms with Crippen LogP contribution < -0.4 is 4.74 Å². The monoisotopic (exact) mass is 908 g/mol. The van der Waals surface area contributed by atoms with Crippen LogP contribution in [-0.2, 0) is 74.2 Å². The standard InChI is InChI=1S/C11H8F3O4.C7H11.3W/c1-2-9(15)18-8-5-6(11(12,13)14)3-4-7(8)10(16)17;1-3-5-7-6-4-2;;;/h2-5H,1H3,(H,16,17);6-7H,1,4-5H2,2H3;;;/q2*-1;;;+2/b;7-6-;;;. The predicted molar refractivity (Wildman–Crippen MR) is 86.9 cm³/mol. The number of halogens is 3. The van der Waals surface area contributed by atoms with Crippen LogP contribution in [0.2, 0.25) is 0 Å². The number of esters is 1. The first kappa shape index (κ1) is 34.8. The largest absolute Gasteiger partial charge is 2.00 e. The summed E-state index contributed by atoms with van der Waals surface area (Å²) in [4.78, 5) is 21.7. The molecule has 0 aliphatic carbocycles. The van der Waals surface area contributed by atoms with Gasteiger partial charge in [-0.15, -0.1) is 6.08 Å². The molecule has 0 heterocycles. The molecular weight excluding hydrogens is 889 g/mol. The number of hydrogen-bond acceptors (Lipinski definition) is 3. The van der Waals surface area contributed by atoms with Gasteiger partial charge in [0.2, 0.25) is 0 Å². The van der Waals surface area contributed by atoms with E-state index in [0.29, 0.717) is 12.1 Å². The number of carboxylic acid groups (broad SMARTS) is 1. The number of allylic oxidation sites excluding steroid dienone is 3. The van der Waals surface area contributed by atoms with E-state index in [1.165, 1.54) is 6.92 Å². The number of carboxylic acids is 1. The number of alkyl halides is 3. The van der Waals surface area contributed by atoms with Crippen LogP contribution in [0.3, 0.4) is 0 Å². The Kier molecular flexibility index (Phi) is 22.9. The summed E-state index contributed by atoms with van der Waals surface area (Å²) in [6, 6.07) is 1.82. The number of carbonyl (C=O) groups is 2. The van der Waals surface area contributed by atoms with Gasteiger partial charge in [0.15, 0.2) is 5.97 Å². The normalized spacial score (nSPS) is 9.46. The zero-order chi connectivity index (χ0) is 19.5. The van der Waals surface area contributed by atoms with Gasteiger partial charge in [-0.1, -0.05) is 13.0 Å². The summed E-state index contributed by atoms with van der Waals surface area (Å²) >= 11 is 0. The third-order valence-corrected chi connectivity index (χ3v) is 2.65. The van der Waals surface area contributed by atoms with Crippen molar-refractivity contribution in [3.63, 3.8) is 0 Å². The minimum atomic E-state index is -4.64. The summed E-state index contributed by atoms with van der Waals surface area (Å²) < 4.78 is 41.8. The molecule has 0 aromatic heterocycles. The average Bonchev–Trinajstić information content (AvgIpc) is 2.54. The van der Waals surface area contributed by atoms with E-state index in [1.54, 1.807) is 0 Å². The average molecular weight is 908 g/mol. The van der Waals surface area contributed by atoms with Crippen molar-refractivity contribution < 1.29 is 95.8 Å². The van der Waals surface area contributed by atoms with Crippen LogP contribution in [0.25, 0.3) is 0 Å². The molecule has 0 atom stereocenters. The minimum absolute atomic E-state index is 0. The van der Waals surface area contributed by atoms with Gasteiger partial charge in [-0.25, -0.2) is 4.79 Å². The molecule has 0 amide bonds. The van der Waals surface area contributed by atoms with Crippen LogP contribution in [0.5, 0.6) is 5.75 Å². The molecule has 1 aromatic carbocycles. The van der Waals surface area contributed by atoms with Gasteiger partial charge in [0.25, 0.3) is 0 Å². The fraction of sp³-hybridized carbons (Fsp3) is 0.278. The second-order valence-corrected chi connectivity index (χ2v) is 4.56. The number of carbonyl (C=O) groups excluding carboxylic acids is 1. The summed E-state index contributed by atoms with van der Waals surface area (Å²) in [6.07, 6.45) is 5.25. The van der Waals surface area contributed by atoms with Crippen molar-refractivity contribution >= 4 is 11.9 Å². The summed E-state index contributed by atoms with van der Waals surface area (Å²) in [6.45, 7) is 6.88. The van der Waals surface area contributed by atoms with Gasteiger partial charge >= 0.3 is 33.2 Å². The molecule has 0 aliphatic heterocycles. The summed E-state index contributed by atoms with van der Waals surface area (Å²) in [5.41, 5.74) is -1.61. The third kappa shape index (κ3) is 14.4. The predicted octanol–water partition coefficient (Wildman–Crippen LogP) is 4.86. The fourth-order valence-electron chi connectivity index (χ4n) is 1.46. The van der Waals surface area contributed by atoms with Gasteiger partial charge < -0.3 is 15.9 Å². The zero-order valence-corrected chi connectivity index (χ0v) is 23.9. The topological polar surface area (TPSA) is 63.6 Å². The number of aromatic carboxylic acids is 1. The van der Waals surface area contributed by atoms with Gasteiger partial charge in [-0.05, 0) is 24.6 Å². The van der Waals surface area contributed by atoms with Gasteiger partial charge in [0, 0.05) is 42.1 Å². The van der Waals surface area contributed by atoms with Crippen molar-refractivity contribution in [1.29, 1.82) is 0 Å². The first-order chi connectivity index (χ1) is 11.7. The van der Waals surface area contributed by atoms with Crippen molar-refractivity contribution in [1.82, 2.24) is 0 Å². The summed E-state index contributed by atoms with van der Waals surface area (Å²) in [5, 5.41) is 8.76. The second kappa shape index (κ2) is 18.4. The van der Waals surface area contributed by atoms with Gasteiger partial charge in [-0.3, -0.25) is 17.8 Å². The molecule has 0 bridgehead atoms. The minimum Gasteiger partial charge on any atom is -0.500 e. The van der Waals surface area contributed by atoms with Crippen LogP contribution in [0.4, 0.5) is 13.2 Å². The molecule has 4 nitrogen and oxygen atoms in total. The molecule has 0 unspecified atom stereocenters. The van der Waals surface area contributed by atoms with E-state index in [9.17, 15) is 22.8 Å². The Hall–Kier alpha value is -0.635. The maximum Gasteiger partial charge on any atom is 2.00 e. The first-order valence-electron chi connectivity index (χ1n) is 7.28. The van der Waals surface area contributed by atoms with E-state index in [1.807, 2.05) is 0 Å². The zero-order valence-electron chi connectivity index (χ0n) is 15.1. The second-order valence-electron chi connectivity index (χ2n) is 4.56. The van der Waals surface area contributed by atoms with E-state index in [4.69, 9.17) is 5.11 Å². The summed E-state index contributed by atoms with van der Waals surface area (Å²) in [7, 11) is 0. The molecule has 0 spiro atoms. The smallest absolute Gasteiger partial charge is 0.500 e. The number of rotatable bonds is 6. The Morgan fingerprint density at radius 2 is 1.86 bits per heavy atom. The molecule has 0 fully saturated rings. The van der Waals surface area contributed by atoms with Gasteiger partial charge in [0.05, 0.1) is 5.56 Å². The molecule has 10 heteroatoms. The van der Waals surface area contributed by atoms with E-state index in [-0.39, 0.29) is 63.2 Å². The number of benzene rings is 1. The SMILES string of the molecule is C=[C-]C/C=C\CC.C[CH-]C(=O)Oc1cc(C(F)(F)F)ccc1C(=O)O.[W+2].[W].[W]. The van der Waals surface area contributed by atoms with Crippen LogP contribution in [0.1, 0.15) is 42.6 Å². The number of hydrogen-bond donors (Lipinski definition) is 1. The molecular formula is C18H19F3O4W3. The fourth-order valence-corrected chi connectivity index (χ4v) is 1.46. The van der Waals surface area contributed by atoms with Crippen molar-refractivity contribution in [2.45, 2.75) is 32.9 Å². The maximum absolute atomic E-state index is 12.4. The Morgan fingerprint density at radius 3 is 2.25 bits per heavy atom. The molecule has 154 valence electrons. The van der Waals surface area contributed by atoms with Crippen molar-refractivity contribution in [2.75, 3.05) is 0 Å². The van der Waals surface area contributed by atoms with E-state index >= 15 is 0 Å². The molecule has 1 rings (SSSR count). The maximum atomic E-state index is 12.4. The van der Waals surface area contributed by atoms with E-state index in [0.717, 1.165) is 25.3 Å². The van der Waals surface area contributed by atoms with Crippen LogP contribution in [0, 0.1) is 12.5 Å². The molecule has 1 aromatic rings. The van der Waals surface area contributed by atoms with Crippen molar-refractivity contribution in [3.8, 4) is 5.75 Å². The van der Waals surface area contributed by atoms with Crippen LogP contribution in [0.15, 0.2) is 36.9 Å². The Balaban J connectivity index is -0.000000250. The molecule has 1 N–H and O–H groups in total. The van der Waals surface area contributed by atoms with E-state index in [2.05, 4.69) is 36.5 Å². The van der Waals surface area contributed by atoms with Crippen molar-refractivity contribution in [2.24, 2.45) is 0 Å². The van der Waals surface area contributed by atoms with Gasteiger partial charge in [-0.2, -0.15) is 26.5 Å². The van der Waals surface area contributed by atoms with E-state index < -0.39 is 35.0 Å². The molecule has 0 saturated carbocycles. The molecule has 0 radical (unpaired) electrons. The molecule has 0 saturated heterocycles. The quantitative estimate of drug-likeness (QED) is 0.192. The number of ether oxygens (including phenoxy) is 1. The summed E-state index contributed by atoms with van der Waals surface area (Å²) in [5.74, 6) is -3.06. The van der Waals surface area contributed by atoms with Gasteiger partial charge in [0.1, 0.15) is 11.3 Å². The first-order valence-corrected chi connectivity index (χ1v) is 7.28. The Labute approximate surface area is 205 Å².